The minimum Gasteiger partial charge on any atom is -0.387 e. The first-order valence-corrected chi connectivity index (χ1v) is 8.18. The van der Waals surface area contributed by atoms with Gasteiger partial charge < -0.3 is 5.11 Å². The lowest BCUT2D eigenvalue weighted by atomic mass is 10.1. The number of aliphatic hydroxyl groups excluding tert-OH is 1. The maximum Gasteiger partial charge on any atom is 0.240 e. The van der Waals surface area contributed by atoms with Crippen molar-refractivity contribution in [3.05, 3.63) is 65.2 Å². The molecule has 5 heteroatoms. The van der Waals surface area contributed by atoms with Crippen LogP contribution in [0, 0.1) is 13.8 Å². The Labute approximate surface area is 125 Å². The Balaban J connectivity index is 2.04. The van der Waals surface area contributed by atoms with Gasteiger partial charge in [0.2, 0.25) is 10.0 Å². The quantitative estimate of drug-likeness (QED) is 0.891. The Kier molecular flexibility index (Phi) is 4.77. The minimum absolute atomic E-state index is 0.0563. The van der Waals surface area contributed by atoms with Gasteiger partial charge in [-0.25, -0.2) is 13.1 Å². The Hall–Kier alpha value is -1.69. The van der Waals surface area contributed by atoms with E-state index in [0.29, 0.717) is 5.56 Å². The van der Waals surface area contributed by atoms with Gasteiger partial charge in [-0.3, -0.25) is 0 Å². The van der Waals surface area contributed by atoms with Gasteiger partial charge in [-0.05, 0) is 31.5 Å². The van der Waals surface area contributed by atoms with Crippen LogP contribution < -0.4 is 4.72 Å². The zero-order valence-corrected chi connectivity index (χ0v) is 12.9. The van der Waals surface area contributed by atoms with Crippen LogP contribution in [0.25, 0.3) is 0 Å². The fraction of sp³-hybridized carbons (Fsp3) is 0.250. The molecule has 2 aromatic carbocycles. The predicted octanol–water partition coefficient (Wildman–Crippen LogP) is 2.32. The molecule has 0 aromatic heterocycles. The molecule has 0 fully saturated rings. The van der Waals surface area contributed by atoms with E-state index in [1.165, 1.54) is 0 Å². The van der Waals surface area contributed by atoms with Gasteiger partial charge in [0.05, 0.1) is 11.0 Å². The first-order chi connectivity index (χ1) is 9.88. The van der Waals surface area contributed by atoms with Crippen LogP contribution in [0.3, 0.4) is 0 Å². The summed E-state index contributed by atoms with van der Waals surface area (Å²) in [5.74, 6) is 0. The van der Waals surface area contributed by atoms with Gasteiger partial charge >= 0.3 is 0 Å². The Morgan fingerprint density at radius 1 is 0.952 bits per heavy atom. The van der Waals surface area contributed by atoms with Crippen molar-refractivity contribution >= 4 is 10.0 Å². The molecule has 0 aliphatic carbocycles. The van der Waals surface area contributed by atoms with E-state index in [-0.39, 0.29) is 11.4 Å². The van der Waals surface area contributed by atoms with E-state index >= 15 is 0 Å². The summed E-state index contributed by atoms with van der Waals surface area (Å²) in [6.45, 7) is 3.79. The second-order valence-corrected chi connectivity index (χ2v) is 6.86. The van der Waals surface area contributed by atoms with E-state index in [4.69, 9.17) is 0 Å². The van der Waals surface area contributed by atoms with E-state index in [2.05, 4.69) is 4.72 Å². The van der Waals surface area contributed by atoms with Gasteiger partial charge in [0.15, 0.2) is 0 Å². The van der Waals surface area contributed by atoms with Crippen molar-refractivity contribution in [3.8, 4) is 0 Å². The van der Waals surface area contributed by atoms with Gasteiger partial charge in [0, 0.05) is 6.54 Å². The van der Waals surface area contributed by atoms with Crippen LogP contribution in [-0.2, 0) is 10.0 Å². The zero-order chi connectivity index (χ0) is 15.5. The van der Waals surface area contributed by atoms with Gasteiger partial charge in [0.1, 0.15) is 0 Å². The molecular formula is C16H19NO3S. The fourth-order valence-electron chi connectivity index (χ4n) is 1.90. The van der Waals surface area contributed by atoms with Crippen LogP contribution >= 0.6 is 0 Å². The number of sulfonamides is 1. The number of hydrogen-bond donors (Lipinski definition) is 2. The lowest BCUT2D eigenvalue weighted by Gasteiger charge is -2.13. The van der Waals surface area contributed by atoms with Crippen LogP contribution in [0.4, 0.5) is 0 Å². The van der Waals surface area contributed by atoms with E-state index < -0.39 is 16.1 Å². The third-order valence-corrected chi connectivity index (χ3v) is 4.70. The Morgan fingerprint density at radius 3 is 1.95 bits per heavy atom. The molecule has 0 heterocycles. The van der Waals surface area contributed by atoms with Gasteiger partial charge in [0.25, 0.3) is 0 Å². The van der Waals surface area contributed by atoms with E-state index in [1.54, 1.807) is 36.4 Å². The molecule has 4 nitrogen and oxygen atoms in total. The SMILES string of the molecule is Cc1ccc(C(O)CNS(=O)(=O)c2ccc(C)cc2)cc1. The van der Waals surface area contributed by atoms with Gasteiger partial charge in [-0.15, -0.1) is 0 Å². The molecule has 2 aromatic rings. The summed E-state index contributed by atoms with van der Waals surface area (Å²) < 4.78 is 26.7. The lowest BCUT2D eigenvalue weighted by molar-refractivity contribution is 0.182. The standard InChI is InChI=1S/C16H19NO3S/c1-12-3-7-14(8-4-12)16(18)11-17-21(19,20)15-9-5-13(2)6-10-15/h3-10,16-18H,11H2,1-2H3. The minimum atomic E-state index is -3.60. The van der Waals surface area contributed by atoms with E-state index in [0.717, 1.165) is 11.1 Å². The molecule has 1 unspecified atom stereocenters. The van der Waals surface area contributed by atoms with Crippen molar-refractivity contribution in [2.45, 2.75) is 24.8 Å². The number of aryl methyl sites for hydroxylation is 2. The van der Waals surface area contributed by atoms with Gasteiger partial charge in [-0.2, -0.15) is 0 Å². The normalized spacial score (nSPS) is 13.1. The molecule has 0 saturated carbocycles. The summed E-state index contributed by atoms with van der Waals surface area (Å²) in [7, 11) is -3.60. The summed E-state index contributed by atoms with van der Waals surface area (Å²) in [6, 6.07) is 13.9. The maximum atomic E-state index is 12.1. The molecule has 21 heavy (non-hydrogen) atoms. The molecule has 0 aliphatic heterocycles. The van der Waals surface area contributed by atoms with Crippen LogP contribution in [0.1, 0.15) is 22.8 Å². The largest absolute Gasteiger partial charge is 0.387 e. The third-order valence-electron chi connectivity index (χ3n) is 3.26. The zero-order valence-electron chi connectivity index (χ0n) is 12.1. The number of aliphatic hydroxyl groups is 1. The van der Waals surface area contributed by atoms with Crippen LogP contribution in [0.15, 0.2) is 53.4 Å². The number of rotatable bonds is 5. The molecule has 1 atom stereocenters. The predicted molar refractivity (Wildman–Crippen MR) is 82.5 cm³/mol. The molecule has 0 saturated heterocycles. The van der Waals surface area contributed by atoms with Crippen molar-refractivity contribution in [2.24, 2.45) is 0 Å². The highest BCUT2D eigenvalue weighted by molar-refractivity contribution is 7.89. The van der Waals surface area contributed by atoms with Crippen molar-refractivity contribution in [3.63, 3.8) is 0 Å². The van der Waals surface area contributed by atoms with Gasteiger partial charge in [-0.1, -0.05) is 47.5 Å². The van der Waals surface area contributed by atoms with Crippen LogP contribution in [0.2, 0.25) is 0 Å². The molecule has 2 N–H and O–H groups in total. The van der Waals surface area contributed by atoms with Crippen molar-refractivity contribution in [2.75, 3.05) is 6.54 Å². The first-order valence-electron chi connectivity index (χ1n) is 6.69. The lowest BCUT2D eigenvalue weighted by Crippen LogP contribution is -2.28. The number of benzene rings is 2. The topological polar surface area (TPSA) is 66.4 Å². The van der Waals surface area contributed by atoms with Crippen molar-refractivity contribution in [1.82, 2.24) is 4.72 Å². The van der Waals surface area contributed by atoms with Crippen LogP contribution in [0.5, 0.6) is 0 Å². The fourth-order valence-corrected chi connectivity index (χ4v) is 2.93. The maximum absolute atomic E-state index is 12.1. The summed E-state index contributed by atoms with van der Waals surface area (Å²) >= 11 is 0. The van der Waals surface area contributed by atoms with Crippen LogP contribution in [-0.4, -0.2) is 20.1 Å². The highest BCUT2D eigenvalue weighted by Crippen LogP contribution is 2.15. The molecule has 0 amide bonds. The Morgan fingerprint density at radius 2 is 1.43 bits per heavy atom. The smallest absolute Gasteiger partial charge is 0.240 e. The third kappa shape index (κ3) is 4.14. The molecule has 0 aliphatic rings. The highest BCUT2D eigenvalue weighted by Gasteiger charge is 2.16. The Bertz CT molecular complexity index is 691. The summed E-state index contributed by atoms with van der Waals surface area (Å²) in [4.78, 5) is 0.198. The molecule has 0 radical (unpaired) electrons. The average molecular weight is 305 g/mol. The monoisotopic (exact) mass is 305 g/mol. The highest BCUT2D eigenvalue weighted by atomic mass is 32.2. The van der Waals surface area contributed by atoms with E-state index in [1.807, 2.05) is 26.0 Å². The first kappa shape index (κ1) is 15.7. The summed E-state index contributed by atoms with van der Waals surface area (Å²) in [5.41, 5.74) is 2.77. The number of hydrogen-bond acceptors (Lipinski definition) is 3. The second-order valence-electron chi connectivity index (χ2n) is 5.09. The summed E-state index contributed by atoms with van der Waals surface area (Å²) in [6.07, 6.45) is -0.870. The van der Waals surface area contributed by atoms with Crippen molar-refractivity contribution < 1.29 is 13.5 Å². The van der Waals surface area contributed by atoms with Crippen molar-refractivity contribution in [1.29, 1.82) is 0 Å². The molecule has 112 valence electrons. The molecular weight excluding hydrogens is 286 g/mol. The molecule has 2 rings (SSSR count). The second kappa shape index (κ2) is 6.39. The van der Waals surface area contributed by atoms with E-state index in [9.17, 15) is 13.5 Å². The molecule has 0 bridgehead atoms. The summed E-state index contributed by atoms with van der Waals surface area (Å²) in [5, 5.41) is 10.0. The average Bonchev–Trinajstić information content (AvgIpc) is 2.46. The molecule has 0 spiro atoms. The number of nitrogens with one attached hydrogen (secondary N) is 1.